The summed E-state index contributed by atoms with van der Waals surface area (Å²) in [5.74, 6) is -0.510. The molecule has 2 amide bonds. The van der Waals surface area contributed by atoms with E-state index in [2.05, 4.69) is 10.6 Å². The highest BCUT2D eigenvalue weighted by Gasteiger charge is 2.16. The van der Waals surface area contributed by atoms with Crippen LogP contribution in [0, 0.1) is 0 Å². The van der Waals surface area contributed by atoms with Crippen LogP contribution in [0.15, 0.2) is 84.6 Å². The predicted molar refractivity (Wildman–Crippen MR) is 120 cm³/mol. The molecule has 0 saturated heterocycles. The van der Waals surface area contributed by atoms with Gasteiger partial charge in [-0.05, 0) is 43.3 Å². The van der Waals surface area contributed by atoms with Crippen LogP contribution in [0.4, 0.5) is 5.69 Å². The van der Waals surface area contributed by atoms with Crippen LogP contribution in [-0.4, -0.2) is 24.7 Å². The van der Waals surface area contributed by atoms with E-state index in [9.17, 15) is 14.4 Å². The van der Waals surface area contributed by atoms with Crippen molar-refractivity contribution >= 4 is 29.4 Å². The van der Waals surface area contributed by atoms with E-state index < -0.39 is 11.8 Å². The Kier molecular flexibility index (Phi) is 6.96. The zero-order valence-corrected chi connectivity index (χ0v) is 17.2. The number of benzene rings is 3. The van der Waals surface area contributed by atoms with Gasteiger partial charge in [0.1, 0.15) is 11.4 Å². The van der Waals surface area contributed by atoms with Crippen molar-refractivity contribution in [3.05, 3.63) is 101 Å². The number of hydrogen-bond acceptors (Lipinski definition) is 4. The van der Waals surface area contributed by atoms with Gasteiger partial charge in [-0.1, -0.05) is 48.5 Å². The number of carbonyl (C=O) groups excluding carboxylic acids is 3. The molecule has 0 saturated carbocycles. The minimum absolute atomic E-state index is 0.0339. The molecule has 2 N–H and O–H groups in total. The highest BCUT2D eigenvalue weighted by Crippen LogP contribution is 2.21. The fraction of sp³-hybridized carbons (Fsp3) is 0.0800. The molecule has 3 rings (SSSR count). The molecule has 0 radical (unpaired) electrons. The second-order valence-corrected chi connectivity index (χ2v) is 6.71. The number of Topliss-reactive ketones (excluding diaryl/α,β-unsaturated/α-hetero) is 1. The Hall–Kier alpha value is -4.19. The van der Waals surface area contributed by atoms with E-state index >= 15 is 0 Å². The standard InChI is InChI=1S/C25H22N2O4/c1-17(28)19-12-8-13-21(15-19)26-25(30)22(16-20-11-6-7-14-23(20)31-2)27-24(29)18-9-4-3-5-10-18/h3-16H,1-2H3,(H,26,30)(H,27,29)/b22-16-. The van der Waals surface area contributed by atoms with Gasteiger partial charge in [-0.15, -0.1) is 0 Å². The van der Waals surface area contributed by atoms with Crippen molar-refractivity contribution in [1.82, 2.24) is 5.32 Å². The van der Waals surface area contributed by atoms with E-state index in [1.165, 1.54) is 14.0 Å². The van der Waals surface area contributed by atoms with Gasteiger partial charge in [0.15, 0.2) is 5.78 Å². The normalized spacial score (nSPS) is 10.8. The lowest BCUT2D eigenvalue weighted by molar-refractivity contribution is -0.113. The van der Waals surface area contributed by atoms with Crippen LogP contribution >= 0.6 is 0 Å². The molecule has 31 heavy (non-hydrogen) atoms. The summed E-state index contributed by atoms with van der Waals surface area (Å²) in [4.78, 5) is 37.4. The lowest BCUT2D eigenvalue weighted by Gasteiger charge is -2.13. The number of anilines is 1. The highest BCUT2D eigenvalue weighted by atomic mass is 16.5. The Bertz CT molecular complexity index is 1140. The van der Waals surface area contributed by atoms with Crippen LogP contribution in [0.3, 0.4) is 0 Å². The molecule has 156 valence electrons. The van der Waals surface area contributed by atoms with Gasteiger partial charge in [0, 0.05) is 22.4 Å². The molecule has 0 fully saturated rings. The van der Waals surface area contributed by atoms with Gasteiger partial charge in [0.05, 0.1) is 7.11 Å². The predicted octanol–water partition coefficient (Wildman–Crippen LogP) is 4.31. The van der Waals surface area contributed by atoms with Gasteiger partial charge in [-0.2, -0.15) is 0 Å². The van der Waals surface area contributed by atoms with Crippen LogP contribution in [0.25, 0.3) is 6.08 Å². The Morgan fingerprint density at radius 3 is 2.23 bits per heavy atom. The second-order valence-electron chi connectivity index (χ2n) is 6.71. The molecule has 0 aromatic heterocycles. The fourth-order valence-electron chi connectivity index (χ4n) is 2.90. The van der Waals surface area contributed by atoms with E-state index in [1.54, 1.807) is 78.9 Å². The zero-order valence-electron chi connectivity index (χ0n) is 17.2. The van der Waals surface area contributed by atoms with Gasteiger partial charge in [-0.25, -0.2) is 0 Å². The van der Waals surface area contributed by atoms with Crippen molar-refractivity contribution in [2.75, 3.05) is 12.4 Å². The van der Waals surface area contributed by atoms with Crippen molar-refractivity contribution in [3.63, 3.8) is 0 Å². The first-order chi connectivity index (χ1) is 15.0. The van der Waals surface area contributed by atoms with Crippen LogP contribution in [0.2, 0.25) is 0 Å². The molecule has 0 spiro atoms. The van der Waals surface area contributed by atoms with Crippen LogP contribution in [0.5, 0.6) is 5.75 Å². The molecule has 0 atom stereocenters. The van der Waals surface area contributed by atoms with Gasteiger partial charge in [0.25, 0.3) is 11.8 Å². The summed E-state index contributed by atoms with van der Waals surface area (Å²) in [5.41, 5.74) is 1.99. The molecule has 3 aromatic carbocycles. The van der Waals surface area contributed by atoms with Crippen LogP contribution in [-0.2, 0) is 4.79 Å². The van der Waals surface area contributed by atoms with E-state index in [4.69, 9.17) is 4.74 Å². The number of para-hydroxylation sites is 1. The van der Waals surface area contributed by atoms with Gasteiger partial charge >= 0.3 is 0 Å². The summed E-state index contributed by atoms with van der Waals surface area (Å²) in [6, 6.07) is 22.4. The maximum absolute atomic E-state index is 13.0. The van der Waals surface area contributed by atoms with E-state index in [0.717, 1.165) is 0 Å². The first-order valence-corrected chi connectivity index (χ1v) is 9.61. The summed E-state index contributed by atoms with van der Waals surface area (Å²) in [5, 5.41) is 5.42. The van der Waals surface area contributed by atoms with Crippen LogP contribution in [0.1, 0.15) is 33.2 Å². The molecule has 3 aromatic rings. The molecule has 0 unspecified atom stereocenters. The lowest BCUT2D eigenvalue weighted by atomic mass is 10.1. The van der Waals surface area contributed by atoms with Crippen molar-refractivity contribution in [1.29, 1.82) is 0 Å². The first-order valence-electron chi connectivity index (χ1n) is 9.61. The Morgan fingerprint density at radius 1 is 0.839 bits per heavy atom. The van der Waals surface area contributed by atoms with Crippen molar-refractivity contribution in [3.8, 4) is 5.75 Å². The average molecular weight is 414 g/mol. The summed E-state index contributed by atoms with van der Waals surface area (Å²) in [6.45, 7) is 1.45. The maximum Gasteiger partial charge on any atom is 0.272 e. The van der Waals surface area contributed by atoms with Gasteiger partial charge in [-0.3, -0.25) is 14.4 Å². The van der Waals surface area contributed by atoms with E-state index in [1.807, 2.05) is 6.07 Å². The molecule has 6 nitrogen and oxygen atoms in total. The topological polar surface area (TPSA) is 84.5 Å². The summed E-state index contributed by atoms with van der Waals surface area (Å²) >= 11 is 0. The van der Waals surface area contributed by atoms with Crippen LogP contribution < -0.4 is 15.4 Å². The van der Waals surface area contributed by atoms with E-state index in [-0.39, 0.29) is 11.5 Å². The molecule has 0 aliphatic heterocycles. The number of hydrogen-bond donors (Lipinski definition) is 2. The molecule has 0 aliphatic carbocycles. The largest absolute Gasteiger partial charge is 0.496 e. The Labute approximate surface area is 180 Å². The number of ether oxygens (including phenoxy) is 1. The summed E-state index contributed by atoms with van der Waals surface area (Å²) in [6.07, 6.45) is 1.55. The molecular formula is C25H22N2O4. The lowest BCUT2D eigenvalue weighted by Crippen LogP contribution is -2.30. The first kappa shape index (κ1) is 21.5. The Morgan fingerprint density at radius 2 is 1.52 bits per heavy atom. The number of ketones is 1. The minimum atomic E-state index is -0.532. The van der Waals surface area contributed by atoms with Crippen molar-refractivity contribution in [2.45, 2.75) is 6.92 Å². The SMILES string of the molecule is COc1ccccc1/C=C(\NC(=O)c1ccccc1)C(=O)Nc1cccc(C(C)=O)c1. The third-order valence-electron chi connectivity index (χ3n) is 4.49. The van der Waals surface area contributed by atoms with Crippen molar-refractivity contribution < 1.29 is 19.1 Å². The molecular weight excluding hydrogens is 392 g/mol. The average Bonchev–Trinajstić information content (AvgIpc) is 2.79. The minimum Gasteiger partial charge on any atom is -0.496 e. The van der Waals surface area contributed by atoms with Gasteiger partial charge < -0.3 is 15.4 Å². The monoisotopic (exact) mass is 414 g/mol. The number of rotatable bonds is 7. The highest BCUT2D eigenvalue weighted by molar-refractivity contribution is 6.11. The number of carbonyl (C=O) groups is 3. The summed E-state index contributed by atoms with van der Waals surface area (Å²) in [7, 11) is 1.53. The Balaban J connectivity index is 1.93. The summed E-state index contributed by atoms with van der Waals surface area (Å²) < 4.78 is 5.35. The number of amides is 2. The second kappa shape index (κ2) is 10.0. The fourth-order valence-corrected chi connectivity index (χ4v) is 2.90. The quantitative estimate of drug-likeness (QED) is 0.446. The number of methoxy groups -OCH3 is 1. The third-order valence-corrected chi connectivity index (χ3v) is 4.49. The zero-order chi connectivity index (χ0) is 22.2. The van der Waals surface area contributed by atoms with E-state index in [0.29, 0.717) is 28.1 Å². The molecule has 0 heterocycles. The molecule has 0 bridgehead atoms. The smallest absolute Gasteiger partial charge is 0.272 e. The van der Waals surface area contributed by atoms with Crippen molar-refractivity contribution in [2.24, 2.45) is 0 Å². The molecule has 6 heteroatoms. The maximum atomic E-state index is 13.0. The van der Waals surface area contributed by atoms with Gasteiger partial charge in [0.2, 0.25) is 0 Å². The third kappa shape index (κ3) is 5.67. The number of nitrogens with one attached hydrogen (secondary N) is 2. The molecule has 0 aliphatic rings.